The van der Waals surface area contributed by atoms with E-state index in [0.717, 1.165) is 12.1 Å². The topological polar surface area (TPSA) is 80.3 Å². The number of aromatic carboxylic acids is 2. The highest BCUT2D eigenvalue weighted by molar-refractivity contribution is 5.99. The summed E-state index contributed by atoms with van der Waals surface area (Å²) in [5.74, 6) is -3.04. The first kappa shape index (κ1) is 20.2. The maximum absolute atomic E-state index is 10.3. The van der Waals surface area contributed by atoms with Crippen LogP contribution in [-0.2, 0) is 0 Å². The van der Waals surface area contributed by atoms with Gasteiger partial charge in [-0.25, -0.2) is 0 Å². The van der Waals surface area contributed by atoms with Gasteiger partial charge in [0.1, 0.15) is 0 Å². The lowest BCUT2D eigenvalue weighted by Gasteiger charge is -2.09. The lowest BCUT2D eigenvalue weighted by molar-refractivity contribution is -0.259. The number of carbonyl (C=O) groups excluding carboxylic acids is 2. The molecule has 1 aromatic carbocycles. The molecule has 0 aromatic heterocycles. The van der Waals surface area contributed by atoms with Crippen molar-refractivity contribution in [2.75, 3.05) is 0 Å². The van der Waals surface area contributed by atoms with Crippen molar-refractivity contribution in [1.82, 2.24) is 0 Å². The molecule has 4 heteroatoms. The third-order valence-electron chi connectivity index (χ3n) is 4.37. The Hall–Kier alpha value is -1.84. The second kappa shape index (κ2) is 12.6. The van der Waals surface area contributed by atoms with Crippen molar-refractivity contribution in [2.45, 2.75) is 77.0 Å². The molecular weight excluding hydrogens is 304 g/mol. The van der Waals surface area contributed by atoms with Gasteiger partial charge in [0.15, 0.2) is 0 Å². The van der Waals surface area contributed by atoms with Crippen molar-refractivity contribution in [2.24, 2.45) is 0 Å². The minimum atomic E-state index is -1.52. The quantitative estimate of drug-likeness (QED) is 0.833. The molecule has 2 aliphatic rings. The van der Waals surface area contributed by atoms with E-state index in [1.54, 1.807) is 0 Å². The molecule has 2 saturated carbocycles. The molecule has 24 heavy (non-hydrogen) atoms. The van der Waals surface area contributed by atoms with Gasteiger partial charge in [-0.2, -0.15) is 0 Å². The van der Waals surface area contributed by atoms with Gasteiger partial charge in [-0.15, -0.1) is 0 Å². The predicted octanol–water partition coefficient (Wildman–Crippen LogP) is 3.09. The number of hydrogen-bond donors (Lipinski definition) is 0. The lowest BCUT2D eigenvalue weighted by Crippen LogP contribution is -2.29. The Morgan fingerprint density at radius 1 is 0.542 bits per heavy atom. The van der Waals surface area contributed by atoms with E-state index in [4.69, 9.17) is 0 Å². The fraction of sp³-hybridized carbons (Fsp3) is 0.600. The zero-order chi connectivity index (χ0) is 17.6. The third-order valence-corrected chi connectivity index (χ3v) is 4.37. The molecule has 3 rings (SSSR count). The second-order valence-electron chi connectivity index (χ2n) is 6.36. The molecule has 0 spiro atoms. The summed E-state index contributed by atoms with van der Waals surface area (Å²) in [6.07, 6.45) is 18.0. The summed E-state index contributed by atoms with van der Waals surface area (Å²) in [5, 5.41) is 20.6. The van der Waals surface area contributed by atoms with Crippen LogP contribution in [0.25, 0.3) is 0 Å². The summed E-state index contributed by atoms with van der Waals surface area (Å²) in [6.45, 7) is 0. The summed E-state index contributed by atoms with van der Waals surface area (Å²) in [4.78, 5) is 20.6. The molecule has 134 valence electrons. The standard InChI is InChI=1S/C8H6O4.2C6H12/c9-7(10)5-3-1-2-4-6(5)8(11)12;2*1-2-4-6-5-3-1/h1-4H,(H,9,10)(H,11,12);2*1-6H2/p-2. The fourth-order valence-electron chi connectivity index (χ4n) is 2.96. The summed E-state index contributed by atoms with van der Waals surface area (Å²) >= 11 is 0. The largest absolute Gasteiger partial charge is 0.545 e. The van der Waals surface area contributed by atoms with Crippen LogP contribution >= 0.6 is 0 Å². The van der Waals surface area contributed by atoms with Crippen molar-refractivity contribution in [3.05, 3.63) is 35.4 Å². The van der Waals surface area contributed by atoms with Gasteiger partial charge in [-0.05, 0) is 0 Å². The smallest absolute Gasteiger partial charge is 0.0721 e. The van der Waals surface area contributed by atoms with Crippen LogP contribution in [0, 0.1) is 0 Å². The molecule has 0 amide bonds. The van der Waals surface area contributed by atoms with E-state index in [1.807, 2.05) is 0 Å². The van der Waals surface area contributed by atoms with Crippen LogP contribution in [0.15, 0.2) is 24.3 Å². The summed E-state index contributed by atoms with van der Waals surface area (Å²) < 4.78 is 0. The van der Waals surface area contributed by atoms with Gasteiger partial charge in [0, 0.05) is 11.1 Å². The van der Waals surface area contributed by atoms with Crippen LogP contribution in [0.1, 0.15) is 97.8 Å². The minimum Gasteiger partial charge on any atom is -0.545 e. The van der Waals surface area contributed by atoms with Crippen molar-refractivity contribution in [3.8, 4) is 0 Å². The highest BCUT2D eigenvalue weighted by Gasteiger charge is 2.01. The third kappa shape index (κ3) is 8.70. The number of hydrogen-bond acceptors (Lipinski definition) is 4. The highest BCUT2D eigenvalue weighted by Crippen LogP contribution is 2.15. The van der Waals surface area contributed by atoms with E-state index < -0.39 is 11.9 Å². The fourth-order valence-corrected chi connectivity index (χ4v) is 2.96. The molecule has 0 N–H and O–H groups in total. The SMILES string of the molecule is C1CCCCC1.C1CCCCC1.O=C([O-])c1ccccc1C(=O)[O-]. The minimum absolute atomic E-state index is 0.363. The molecule has 2 fully saturated rings. The Labute approximate surface area is 144 Å². The Kier molecular flexibility index (Phi) is 10.6. The second-order valence-corrected chi connectivity index (χ2v) is 6.36. The van der Waals surface area contributed by atoms with Gasteiger partial charge in [0.25, 0.3) is 0 Å². The molecule has 0 unspecified atom stereocenters. The molecule has 0 radical (unpaired) electrons. The molecule has 0 aliphatic heterocycles. The number of carboxylic acid groups (broad SMARTS) is 2. The maximum Gasteiger partial charge on any atom is 0.0721 e. The van der Waals surface area contributed by atoms with Crippen molar-refractivity contribution in [1.29, 1.82) is 0 Å². The van der Waals surface area contributed by atoms with Crippen molar-refractivity contribution >= 4 is 11.9 Å². The zero-order valence-electron chi connectivity index (χ0n) is 14.4. The van der Waals surface area contributed by atoms with Gasteiger partial charge in [0.05, 0.1) is 11.9 Å². The average molecular weight is 332 g/mol. The highest BCUT2D eigenvalue weighted by atomic mass is 16.4. The Morgan fingerprint density at radius 2 is 0.750 bits per heavy atom. The van der Waals surface area contributed by atoms with Crippen LogP contribution in [0.5, 0.6) is 0 Å². The number of benzene rings is 1. The Bertz CT molecular complexity index is 420. The molecule has 0 bridgehead atoms. The van der Waals surface area contributed by atoms with Crippen molar-refractivity contribution < 1.29 is 19.8 Å². The van der Waals surface area contributed by atoms with E-state index in [1.165, 1.54) is 89.2 Å². The van der Waals surface area contributed by atoms with Gasteiger partial charge in [0.2, 0.25) is 0 Å². The lowest BCUT2D eigenvalue weighted by atomic mass is 10.0. The van der Waals surface area contributed by atoms with Gasteiger partial charge in [-0.1, -0.05) is 101 Å². The molecule has 0 saturated heterocycles. The number of carboxylic acids is 2. The molecule has 4 nitrogen and oxygen atoms in total. The van der Waals surface area contributed by atoms with E-state index in [-0.39, 0.29) is 11.1 Å². The first-order valence-corrected chi connectivity index (χ1v) is 9.14. The monoisotopic (exact) mass is 332 g/mol. The zero-order valence-corrected chi connectivity index (χ0v) is 14.4. The Balaban J connectivity index is 0.000000200. The normalized spacial score (nSPS) is 16.7. The average Bonchev–Trinajstić information content (AvgIpc) is 2.65. The van der Waals surface area contributed by atoms with E-state index >= 15 is 0 Å². The molecule has 1 aromatic rings. The Morgan fingerprint density at radius 3 is 0.917 bits per heavy atom. The van der Waals surface area contributed by atoms with E-state index in [2.05, 4.69) is 0 Å². The van der Waals surface area contributed by atoms with Crippen molar-refractivity contribution in [3.63, 3.8) is 0 Å². The van der Waals surface area contributed by atoms with E-state index in [9.17, 15) is 19.8 Å². The number of rotatable bonds is 2. The predicted molar refractivity (Wildman–Crippen MR) is 90.5 cm³/mol. The molecule has 2 aliphatic carbocycles. The van der Waals surface area contributed by atoms with Crippen LogP contribution in [0.4, 0.5) is 0 Å². The molecular formula is C20H28O4-2. The molecule has 0 heterocycles. The van der Waals surface area contributed by atoms with Gasteiger partial charge >= 0.3 is 0 Å². The van der Waals surface area contributed by atoms with E-state index in [0.29, 0.717) is 0 Å². The maximum atomic E-state index is 10.3. The van der Waals surface area contributed by atoms with Crippen LogP contribution in [0.3, 0.4) is 0 Å². The number of carbonyl (C=O) groups is 2. The van der Waals surface area contributed by atoms with Crippen LogP contribution in [-0.4, -0.2) is 11.9 Å². The van der Waals surface area contributed by atoms with Crippen LogP contribution in [0.2, 0.25) is 0 Å². The molecule has 0 atom stereocenters. The van der Waals surface area contributed by atoms with Gasteiger partial charge in [-0.3, -0.25) is 0 Å². The first-order valence-electron chi connectivity index (χ1n) is 9.14. The summed E-state index contributed by atoms with van der Waals surface area (Å²) in [6, 6.07) is 5.14. The summed E-state index contributed by atoms with van der Waals surface area (Å²) in [5.41, 5.74) is -0.727. The first-order chi connectivity index (χ1) is 11.6. The van der Waals surface area contributed by atoms with Gasteiger partial charge < -0.3 is 19.8 Å². The summed E-state index contributed by atoms with van der Waals surface area (Å²) in [7, 11) is 0. The van der Waals surface area contributed by atoms with Crippen LogP contribution < -0.4 is 10.2 Å².